The summed E-state index contributed by atoms with van der Waals surface area (Å²) in [6.07, 6.45) is 4.24. The van der Waals surface area contributed by atoms with Crippen LogP contribution in [-0.2, 0) is 4.74 Å². The average molecular weight is 473 g/mol. The van der Waals surface area contributed by atoms with Gasteiger partial charge in [-0.3, -0.25) is 4.90 Å². The van der Waals surface area contributed by atoms with Gasteiger partial charge in [0.25, 0.3) is 0 Å². The molecule has 3 aromatic rings. The van der Waals surface area contributed by atoms with Gasteiger partial charge in [0, 0.05) is 36.8 Å². The fraction of sp³-hybridized carbons (Fsp3) is 0.333. The minimum Gasteiger partial charge on any atom is -0.493 e. The Morgan fingerprint density at radius 2 is 2.18 bits per heavy atom. The van der Waals surface area contributed by atoms with E-state index in [0.29, 0.717) is 41.7 Å². The second-order valence-electron chi connectivity index (χ2n) is 7.64. The van der Waals surface area contributed by atoms with Gasteiger partial charge in [-0.15, -0.1) is 6.58 Å². The Labute approximate surface area is 197 Å². The highest BCUT2D eigenvalue weighted by Gasteiger charge is 2.17. The lowest BCUT2D eigenvalue weighted by molar-refractivity contribution is -0.00448. The number of hydrogen-bond acceptors (Lipinski definition) is 7. The van der Waals surface area contributed by atoms with Crippen molar-refractivity contribution in [2.45, 2.75) is 12.5 Å². The van der Waals surface area contributed by atoms with Gasteiger partial charge in [-0.1, -0.05) is 17.7 Å². The Kier molecular flexibility index (Phi) is 7.59. The van der Waals surface area contributed by atoms with Crippen LogP contribution in [0.5, 0.6) is 11.5 Å². The SMILES string of the molecule is C=C[C@@H]1CN(CCCOc2cc3c(Nc4ccc(F)c(Cl)c4)ncnc3cc2OC)CCO1. The van der Waals surface area contributed by atoms with Crippen molar-refractivity contribution in [2.75, 3.05) is 45.3 Å². The minimum absolute atomic E-state index is 0.0312. The summed E-state index contributed by atoms with van der Waals surface area (Å²) in [4.78, 5) is 11.0. The van der Waals surface area contributed by atoms with Crippen molar-refractivity contribution >= 4 is 34.0 Å². The number of benzene rings is 2. The third-order valence-corrected chi connectivity index (χ3v) is 5.71. The Morgan fingerprint density at radius 1 is 1.30 bits per heavy atom. The first-order chi connectivity index (χ1) is 16.1. The van der Waals surface area contributed by atoms with Crippen LogP contribution >= 0.6 is 11.6 Å². The van der Waals surface area contributed by atoms with E-state index >= 15 is 0 Å². The molecule has 0 radical (unpaired) electrons. The normalized spacial score (nSPS) is 16.5. The molecule has 1 aliphatic heterocycles. The fourth-order valence-electron chi connectivity index (χ4n) is 3.69. The predicted octanol–water partition coefficient (Wildman–Crippen LogP) is 4.83. The molecular formula is C24H26ClFN4O3. The molecule has 9 heteroatoms. The molecule has 1 aromatic heterocycles. The van der Waals surface area contributed by atoms with Crippen LogP contribution in [0.1, 0.15) is 6.42 Å². The smallest absolute Gasteiger partial charge is 0.162 e. The maximum absolute atomic E-state index is 13.5. The zero-order chi connectivity index (χ0) is 23.2. The molecule has 0 saturated carbocycles. The predicted molar refractivity (Wildman–Crippen MR) is 127 cm³/mol. The standard InChI is InChI=1S/C24H26ClFN4O3/c1-3-17-14-30(8-10-32-17)7-4-9-33-23-12-18-21(13-22(23)31-2)27-15-28-24(18)29-16-5-6-20(26)19(25)11-16/h3,5-6,11-13,15,17H,1,4,7-10,14H2,2H3,(H,27,28,29)/t17-/m1/s1. The maximum atomic E-state index is 13.5. The number of halogens is 2. The van der Waals surface area contributed by atoms with E-state index in [1.807, 2.05) is 18.2 Å². The van der Waals surface area contributed by atoms with E-state index in [0.717, 1.165) is 31.4 Å². The molecule has 7 nitrogen and oxygen atoms in total. The van der Waals surface area contributed by atoms with E-state index in [1.165, 1.54) is 18.5 Å². The maximum Gasteiger partial charge on any atom is 0.162 e. The second-order valence-corrected chi connectivity index (χ2v) is 8.05. The van der Waals surface area contributed by atoms with Gasteiger partial charge in [0.2, 0.25) is 0 Å². The minimum atomic E-state index is -0.479. The molecule has 1 N–H and O–H groups in total. The molecule has 33 heavy (non-hydrogen) atoms. The Bertz CT molecular complexity index is 1130. The summed E-state index contributed by atoms with van der Waals surface area (Å²) in [5.74, 6) is 1.27. The summed E-state index contributed by atoms with van der Waals surface area (Å²) in [6, 6.07) is 8.07. The molecule has 2 aromatic carbocycles. The molecule has 0 aliphatic carbocycles. The van der Waals surface area contributed by atoms with Crippen molar-refractivity contribution in [3.8, 4) is 11.5 Å². The van der Waals surface area contributed by atoms with E-state index in [2.05, 4.69) is 26.8 Å². The van der Waals surface area contributed by atoms with Crippen LogP contribution in [0.2, 0.25) is 5.02 Å². The van der Waals surface area contributed by atoms with Crippen molar-refractivity contribution < 1.29 is 18.6 Å². The highest BCUT2D eigenvalue weighted by Crippen LogP contribution is 2.35. The number of morpholine rings is 1. The Hall–Kier alpha value is -2.94. The molecule has 174 valence electrons. The highest BCUT2D eigenvalue weighted by molar-refractivity contribution is 6.31. The van der Waals surface area contributed by atoms with Crippen LogP contribution in [0, 0.1) is 5.82 Å². The van der Waals surface area contributed by atoms with Gasteiger partial charge < -0.3 is 19.5 Å². The largest absolute Gasteiger partial charge is 0.493 e. The van der Waals surface area contributed by atoms with E-state index < -0.39 is 5.82 Å². The topological polar surface area (TPSA) is 68.7 Å². The number of hydrogen-bond donors (Lipinski definition) is 1. The molecule has 4 rings (SSSR count). The first-order valence-corrected chi connectivity index (χ1v) is 11.1. The van der Waals surface area contributed by atoms with Crippen molar-refractivity contribution in [1.82, 2.24) is 14.9 Å². The van der Waals surface area contributed by atoms with Crippen LogP contribution in [0.15, 0.2) is 49.3 Å². The van der Waals surface area contributed by atoms with Gasteiger partial charge >= 0.3 is 0 Å². The quantitative estimate of drug-likeness (QED) is 0.353. The molecule has 1 fully saturated rings. The van der Waals surface area contributed by atoms with E-state index in [1.54, 1.807) is 13.2 Å². The molecule has 0 unspecified atom stereocenters. The van der Waals surface area contributed by atoms with Crippen molar-refractivity contribution in [2.24, 2.45) is 0 Å². The van der Waals surface area contributed by atoms with Gasteiger partial charge in [0.05, 0.1) is 37.0 Å². The number of anilines is 2. The number of aromatic nitrogens is 2. The highest BCUT2D eigenvalue weighted by atomic mass is 35.5. The molecule has 1 saturated heterocycles. The Balaban J connectivity index is 1.47. The Morgan fingerprint density at radius 3 is 2.97 bits per heavy atom. The van der Waals surface area contributed by atoms with E-state index in [-0.39, 0.29) is 11.1 Å². The van der Waals surface area contributed by atoms with Gasteiger partial charge in [0.1, 0.15) is 18.0 Å². The van der Waals surface area contributed by atoms with E-state index in [9.17, 15) is 4.39 Å². The van der Waals surface area contributed by atoms with Crippen LogP contribution in [0.25, 0.3) is 10.9 Å². The van der Waals surface area contributed by atoms with E-state index in [4.69, 9.17) is 25.8 Å². The summed E-state index contributed by atoms with van der Waals surface area (Å²) in [6.45, 7) is 7.72. The zero-order valence-corrected chi connectivity index (χ0v) is 19.1. The van der Waals surface area contributed by atoms with Gasteiger partial charge in [-0.2, -0.15) is 0 Å². The third kappa shape index (κ3) is 5.71. The summed E-state index contributed by atoms with van der Waals surface area (Å²) >= 11 is 5.91. The average Bonchev–Trinajstić information content (AvgIpc) is 2.84. The molecule has 2 heterocycles. The number of nitrogens with one attached hydrogen (secondary N) is 1. The number of rotatable bonds is 9. The monoisotopic (exact) mass is 472 g/mol. The molecule has 0 amide bonds. The number of nitrogens with zero attached hydrogens (tertiary/aromatic N) is 3. The molecular weight excluding hydrogens is 447 g/mol. The van der Waals surface area contributed by atoms with Gasteiger partial charge in [-0.25, -0.2) is 14.4 Å². The van der Waals surface area contributed by atoms with Crippen LogP contribution in [0.3, 0.4) is 0 Å². The summed E-state index contributed by atoms with van der Waals surface area (Å²) in [5.41, 5.74) is 1.30. The first kappa shape index (κ1) is 23.2. The van der Waals surface area contributed by atoms with Gasteiger partial charge in [0.15, 0.2) is 11.5 Å². The first-order valence-electron chi connectivity index (χ1n) is 10.7. The zero-order valence-electron chi connectivity index (χ0n) is 18.4. The van der Waals surface area contributed by atoms with Crippen LogP contribution in [-0.4, -0.2) is 60.9 Å². The third-order valence-electron chi connectivity index (χ3n) is 5.42. The summed E-state index contributed by atoms with van der Waals surface area (Å²) in [5, 5.41) is 3.95. The molecule has 0 bridgehead atoms. The van der Waals surface area contributed by atoms with Crippen molar-refractivity contribution in [1.29, 1.82) is 0 Å². The summed E-state index contributed by atoms with van der Waals surface area (Å²) in [7, 11) is 1.60. The lowest BCUT2D eigenvalue weighted by atomic mass is 10.2. The van der Waals surface area contributed by atoms with Crippen LogP contribution in [0.4, 0.5) is 15.9 Å². The van der Waals surface area contributed by atoms with Crippen LogP contribution < -0.4 is 14.8 Å². The number of methoxy groups -OCH3 is 1. The van der Waals surface area contributed by atoms with Gasteiger partial charge in [-0.05, 0) is 30.7 Å². The second kappa shape index (κ2) is 10.8. The molecule has 0 spiro atoms. The molecule has 1 atom stereocenters. The van der Waals surface area contributed by atoms with Crippen molar-refractivity contribution in [3.63, 3.8) is 0 Å². The fourth-order valence-corrected chi connectivity index (χ4v) is 3.87. The lowest BCUT2D eigenvalue weighted by Gasteiger charge is -2.31. The van der Waals surface area contributed by atoms with Crippen molar-refractivity contribution in [3.05, 3.63) is 60.2 Å². The number of fused-ring (bicyclic) bond motifs is 1. The molecule has 1 aliphatic rings. The summed E-state index contributed by atoms with van der Waals surface area (Å²) < 4.78 is 30.7. The lowest BCUT2D eigenvalue weighted by Crippen LogP contribution is -2.42. The number of ether oxygens (including phenoxy) is 3.